The molecule has 0 unspecified atom stereocenters. The number of hydrogen-bond acceptors (Lipinski definition) is 0. The summed E-state index contributed by atoms with van der Waals surface area (Å²) in [4.78, 5) is 0. The van der Waals surface area contributed by atoms with Crippen LogP contribution in [0.15, 0.2) is 48.7 Å². The highest BCUT2D eigenvalue weighted by Gasteiger charge is 2.21. The van der Waals surface area contributed by atoms with Crippen LogP contribution in [0.1, 0.15) is 5.56 Å². The summed E-state index contributed by atoms with van der Waals surface area (Å²) in [6, 6.07) is 12.8. The first-order valence-corrected chi connectivity index (χ1v) is 6.74. The number of benzene rings is 2. The van der Waals surface area contributed by atoms with Crippen LogP contribution in [0, 0.1) is 5.82 Å². The van der Waals surface area contributed by atoms with E-state index in [2.05, 4.69) is 35.2 Å². The van der Waals surface area contributed by atoms with Crippen molar-refractivity contribution in [2.75, 3.05) is 0 Å². The van der Waals surface area contributed by atoms with Crippen LogP contribution in [0.3, 0.4) is 0 Å². The number of halogens is 2. The molecule has 2 nitrogen and oxygen atoms in total. The minimum Gasteiger partial charge on any atom is -0.291 e. The highest BCUT2D eigenvalue weighted by molar-refractivity contribution is 6.32. The molecule has 2 heterocycles. The molecule has 0 aliphatic carbocycles. The SMILES string of the molecule is Fc1ccc([N+]2=Cc3cccc4ccn(c34)C2)c(Cl)c1. The third kappa shape index (κ3) is 1.67. The average Bonchev–Trinajstić information content (AvgIpc) is 2.84. The third-order valence-electron chi connectivity index (χ3n) is 3.64. The Balaban J connectivity index is 1.91. The van der Waals surface area contributed by atoms with Gasteiger partial charge in [0.25, 0.3) is 0 Å². The first-order valence-electron chi connectivity index (χ1n) is 6.37. The minimum absolute atomic E-state index is 0.320. The molecule has 1 aromatic heterocycles. The molecule has 1 aliphatic rings. The van der Waals surface area contributed by atoms with E-state index in [1.54, 1.807) is 6.07 Å². The van der Waals surface area contributed by atoms with E-state index in [0.717, 1.165) is 11.3 Å². The molecule has 0 bridgehead atoms. The zero-order valence-corrected chi connectivity index (χ0v) is 11.3. The van der Waals surface area contributed by atoms with Gasteiger partial charge < -0.3 is 0 Å². The Morgan fingerprint density at radius 3 is 2.90 bits per heavy atom. The number of para-hydroxylation sites is 1. The Morgan fingerprint density at radius 2 is 2.05 bits per heavy atom. The number of rotatable bonds is 1. The van der Waals surface area contributed by atoms with Crippen LogP contribution in [0.2, 0.25) is 5.02 Å². The van der Waals surface area contributed by atoms with Crippen LogP contribution in [0.5, 0.6) is 0 Å². The summed E-state index contributed by atoms with van der Waals surface area (Å²) in [5.41, 5.74) is 3.17. The summed E-state index contributed by atoms with van der Waals surface area (Å²) < 4.78 is 17.4. The zero-order valence-electron chi connectivity index (χ0n) is 10.6. The monoisotopic (exact) mass is 285 g/mol. The molecule has 4 heteroatoms. The second-order valence-electron chi connectivity index (χ2n) is 4.91. The van der Waals surface area contributed by atoms with Gasteiger partial charge in [-0.2, -0.15) is 4.58 Å². The molecule has 0 N–H and O–H groups in total. The van der Waals surface area contributed by atoms with Crippen LogP contribution in [-0.4, -0.2) is 15.4 Å². The fourth-order valence-corrected chi connectivity index (χ4v) is 3.02. The van der Waals surface area contributed by atoms with E-state index < -0.39 is 0 Å². The molecule has 0 saturated carbocycles. The summed E-state index contributed by atoms with van der Waals surface area (Å²) in [5.74, 6) is -0.320. The fourth-order valence-electron chi connectivity index (χ4n) is 2.75. The highest BCUT2D eigenvalue weighted by atomic mass is 35.5. The molecular formula is C16H11ClFN2+. The lowest BCUT2D eigenvalue weighted by Crippen LogP contribution is -2.18. The molecule has 0 atom stereocenters. The van der Waals surface area contributed by atoms with Gasteiger partial charge in [-0.25, -0.2) is 4.39 Å². The van der Waals surface area contributed by atoms with Crippen molar-refractivity contribution in [3.8, 4) is 0 Å². The summed E-state index contributed by atoms with van der Waals surface area (Å²) in [6.07, 6.45) is 4.12. The maximum Gasteiger partial charge on any atom is 0.228 e. The Hall–Kier alpha value is -2.13. The van der Waals surface area contributed by atoms with Gasteiger partial charge in [0.15, 0.2) is 6.21 Å². The van der Waals surface area contributed by atoms with Crippen LogP contribution in [0.25, 0.3) is 10.9 Å². The molecule has 3 aromatic rings. The van der Waals surface area contributed by atoms with Crippen molar-refractivity contribution in [1.29, 1.82) is 0 Å². The second-order valence-corrected chi connectivity index (χ2v) is 5.31. The molecule has 0 spiro atoms. The quantitative estimate of drug-likeness (QED) is 0.593. The molecular weight excluding hydrogens is 275 g/mol. The van der Waals surface area contributed by atoms with E-state index in [1.807, 2.05) is 10.6 Å². The van der Waals surface area contributed by atoms with E-state index in [0.29, 0.717) is 11.7 Å². The summed E-state index contributed by atoms with van der Waals surface area (Å²) in [7, 11) is 0. The number of nitrogens with zero attached hydrogens (tertiary/aromatic N) is 2. The first kappa shape index (κ1) is 11.7. The standard InChI is InChI=1S/C16H11ClFN2/c17-14-8-13(18)4-5-15(14)20-9-12-3-1-2-11-6-7-19(10-20)16(11)12/h1-9H,10H2/q+1. The Kier molecular flexibility index (Phi) is 2.44. The van der Waals surface area contributed by atoms with E-state index in [9.17, 15) is 4.39 Å². The van der Waals surface area contributed by atoms with Gasteiger partial charge in [-0.15, -0.1) is 0 Å². The molecule has 0 amide bonds. The van der Waals surface area contributed by atoms with Gasteiger partial charge in [-0.3, -0.25) is 4.57 Å². The van der Waals surface area contributed by atoms with Gasteiger partial charge >= 0.3 is 0 Å². The molecule has 1 aliphatic heterocycles. The van der Waals surface area contributed by atoms with Crippen molar-refractivity contribution in [3.05, 3.63) is 65.1 Å². The van der Waals surface area contributed by atoms with E-state index in [1.165, 1.54) is 23.0 Å². The van der Waals surface area contributed by atoms with Crippen LogP contribution in [-0.2, 0) is 6.67 Å². The predicted molar refractivity (Wildman–Crippen MR) is 78.4 cm³/mol. The van der Waals surface area contributed by atoms with Crippen molar-refractivity contribution in [1.82, 2.24) is 4.57 Å². The van der Waals surface area contributed by atoms with E-state index in [-0.39, 0.29) is 5.82 Å². The minimum atomic E-state index is -0.320. The zero-order chi connectivity index (χ0) is 13.7. The van der Waals surface area contributed by atoms with Crippen LogP contribution >= 0.6 is 11.6 Å². The fraction of sp³-hybridized carbons (Fsp3) is 0.0625. The van der Waals surface area contributed by atoms with Gasteiger partial charge in [0.2, 0.25) is 12.4 Å². The van der Waals surface area contributed by atoms with Gasteiger partial charge in [-0.1, -0.05) is 23.7 Å². The van der Waals surface area contributed by atoms with Crippen LogP contribution in [0.4, 0.5) is 10.1 Å². The number of hydrogen-bond donors (Lipinski definition) is 0. The second kappa shape index (κ2) is 4.18. The topological polar surface area (TPSA) is 7.94 Å². The molecule has 20 heavy (non-hydrogen) atoms. The van der Waals surface area contributed by atoms with Gasteiger partial charge in [0.1, 0.15) is 10.8 Å². The normalized spacial score (nSPS) is 13.6. The van der Waals surface area contributed by atoms with Gasteiger partial charge in [0, 0.05) is 17.6 Å². The molecule has 4 rings (SSSR count). The number of aromatic nitrogens is 1. The Bertz CT molecular complexity index is 864. The van der Waals surface area contributed by atoms with E-state index >= 15 is 0 Å². The molecule has 2 aromatic carbocycles. The Morgan fingerprint density at radius 1 is 1.15 bits per heavy atom. The van der Waals surface area contributed by atoms with Gasteiger partial charge in [-0.05, 0) is 24.3 Å². The largest absolute Gasteiger partial charge is 0.291 e. The predicted octanol–water partition coefficient (Wildman–Crippen LogP) is 4.17. The van der Waals surface area contributed by atoms with Crippen molar-refractivity contribution in [2.24, 2.45) is 0 Å². The lowest BCUT2D eigenvalue weighted by molar-refractivity contribution is -0.471. The molecule has 0 fully saturated rings. The average molecular weight is 286 g/mol. The maximum atomic E-state index is 13.2. The van der Waals surface area contributed by atoms with Crippen LogP contribution < -0.4 is 0 Å². The van der Waals surface area contributed by atoms with E-state index in [4.69, 9.17) is 11.6 Å². The molecule has 98 valence electrons. The van der Waals surface area contributed by atoms with Crippen molar-refractivity contribution >= 4 is 34.4 Å². The highest BCUT2D eigenvalue weighted by Crippen LogP contribution is 2.29. The molecule has 0 radical (unpaired) electrons. The van der Waals surface area contributed by atoms with Crippen molar-refractivity contribution < 1.29 is 8.97 Å². The summed E-state index contributed by atoms with van der Waals surface area (Å²) in [5, 5.41) is 1.65. The van der Waals surface area contributed by atoms with Crippen molar-refractivity contribution in [2.45, 2.75) is 6.67 Å². The summed E-state index contributed by atoms with van der Waals surface area (Å²) >= 11 is 6.16. The first-order chi connectivity index (χ1) is 9.72. The van der Waals surface area contributed by atoms with Crippen molar-refractivity contribution in [3.63, 3.8) is 0 Å². The Labute approximate surface area is 120 Å². The maximum absolute atomic E-state index is 13.2. The molecule has 0 saturated heterocycles. The third-order valence-corrected chi connectivity index (χ3v) is 3.94. The lowest BCUT2D eigenvalue weighted by Gasteiger charge is -2.13. The lowest BCUT2D eigenvalue weighted by atomic mass is 10.1. The summed E-state index contributed by atoms with van der Waals surface area (Å²) in [6.45, 7) is 0.672. The van der Waals surface area contributed by atoms with Gasteiger partial charge in [0.05, 0.1) is 11.1 Å². The smallest absolute Gasteiger partial charge is 0.228 e.